The van der Waals surface area contributed by atoms with Crippen LogP contribution in [0.2, 0.25) is 0 Å². The number of alkyl halides is 2. The number of hydrogen-bond donors (Lipinski definition) is 1. The Kier molecular flexibility index (Phi) is 5.74. The van der Waals surface area contributed by atoms with E-state index in [0.717, 1.165) is 17.7 Å². The van der Waals surface area contributed by atoms with Gasteiger partial charge in [0.05, 0.1) is 6.61 Å². The predicted octanol–water partition coefficient (Wildman–Crippen LogP) is 3.71. The number of aromatic nitrogens is 1. The van der Waals surface area contributed by atoms with E-state index in [9.17, 15) is 18.4 Å². The van der Waals surface area contributed by atoms with Crippen molar-refractivity contribution in [3.05, 3.63) is 59.4 Å². The van der Waals surface area contributed by atoms with Crippen molar-refractivity contribution in [1.29, 1.82) is 0 Å². The molecule has 3 rings (SSSR count). The fraction of sp³-hybridized carbons (Fsp3) is 0.316. The van der Waals surface area contributed by atoms with Gasteiger partial charge in [0.1, 0.15) is 5.75 Å². The van der Waals surface area contributed by atoms with Crippen molar-refractivity contribution >= 4 is 22.9 Å². The summed E-state index contributed by atoms with van der Waals surface area (Å²) >= 11 is 0.306. The van der Waals surface area contributed by atoms with E-state index in [-0.39, 0.29) is 5.56 Å². The molecule has 27 heavy (non-hydrogen) atoms. The van der Waals surface area contributed by atoms with Crippen LogP contribution >= 0.6 is 11.8 Å². The number of nitrogens with one attached hydrogen (secondary N) is 1. The summed E-state index contributed by atoms with van der Waals surface area (Å²) < 4.78 is 34.5. The summed E-state index contributed by atoms with van der Waals surface area (Å²) in [5.74, 6) is -3.99. The second-order valence-corrected chi connectivity index (χ2v) is 7.11. The summed E-state index contributed by atoms with van der Waals surface area (Å²) in [6.07, 6.45) is 3.35. The first-order chi connectivity index (χ1) is 12.9. The molecule has 1 aliphatic rings. The number of hydrogen-bond acceptors (Lipinski definition) is 5. The Balaban J connectivity index is 1.58. The van der Waals surface area contributed by atoms with E-state index in [2.05, 4.69) is 11.9 Å². The molecule has 1 fully saturated rings. The Morgan fingerprint density at radius 3 is 2.48 bits per heavy atom. The standard InChI is InChI=1S/C19H18F2N2O3S/c1-2-12-3-6-14(22-11-12)9-10-26-15-7-4-13(5-8-15)19(20,21)16-17(24)23-18(25)27-16/h3-8,11,16H,2,9-10H2,1H3,(H,23,24,25). The Labute approximate surface area is 159 Å². The number of carbonyl (C=O) groups is 2. The molecule has 1 aromatic heterocycles. The van der Waals surface area contributed by atoms with E-state index in [4.69, 9.17) is 4.74 Å². The minimum absolute atomic E-state index is 0.306. The lowest BCUT2D eigenvalue weighted by molar-refractivity contribution is -0.125. The number of thioether (sulfide) groups is 1. The smallest absolute Gasteiger partial charge is 0.294 e. The minimum atomic E-state index is -3.45. The third-order valence-corrected chi connectivity index (χ3v) is 5.24. The van der Waals surface area contributed by atoms with E-state index < -0.39 is 22.3 Å². The predicted molar refractivity (Wildman–Crippen MR) is 98.1 cm³/mol. The van der Waals surface area contributed by atoms with Crippen LogP contribution < -0.4 is 10.1 Å². The van der Waals surface area contributed by atoms with E-state index in [0.29, 0.717) is 30.5 Å². The van der Waals surface area contributed by atoms with Gasteiger partial charge in [-0.1, -0.05) is 13.0 Å². The van der Waals surface area contributed by atoms with Gasteiger partial charge in [0, 0.05) is 23.9 Å². The maximum atomic E-state index is 14.5. The van der Waals surface area contributed by atoms with Gasteiger partial charge in [-0.3, -0.25) is 19.9 Å². The molecule has 0 aliphatic carbocycles. The topological polar surface area (TPSA) is 68.3 Å². The highest BCUT2D eigenvalue weighted by Crippen LogP contribution is 2.41. The van der Waals surface area contributed by atoms with Gasteiger partial charge in [-0.05, 0) is 54.1 Å². The van der Waals surface area contributed by atoms with Crippen LogP contribution in [-0.2, 0) is 23.6 Å². The molecule has 8 heteroatoms. The fourth-order valence-corrected chi connectivity index (χ4v) is 3.43. The number of nitrogens with zero attached hydrogens (tertiary/aromatic N) is 1. The SMILES string of the molecule is CCc1ccc(CCOc2ccc(C(F)(F)C3SC(=O)NC3=O)cc2)nc1. The van der Waals surface area contributed by atoms with Crippen molar-refractivity contribution in [2.45, 2.75) is 30.9 Å². The van der Waals surface area contributed by atoms with Gasteiger partial charge in [0.25, 0.3) is 11.2 Å². The number of benzene rings is 1. The molecule has 2 aromatic rings. The van der Waals surface area contributed by atoms with Gasteiger partial charge in [0.2, 0.25) is 5.91 Å². The molecule has 2 heterocycles. The number of imide groups is 1. The van der Waals surface area contributed by atoms with Crippen molar-refractivity contribution in [1.82, 2.24) is 10.3 Å². The normalized spacial score (nSPS) is 17.1. The number of ether oxygens (including phenoxy) is 1. The zero-order valence-corrected chi connectivity index (χ0v) is 15.4. The molecule has 0 spiro atoms. The van der Waals surface area contributed by atoms with Crippen LogP contribution in [0.5, 0.6) is 5.75 Å². The molecule has 0 bridgehead atoms. The molecular formula is C19H18F2N2O3S. The molecule has 1 atom stereocenters. The zero-order chi connectivity index (χ0) is 19.4. The fourth-order valence-electron chi connectivity index (χ4n) is 2.61. The second-order valence-electron chi connectivity index (χ2n) is 6.03. The van der Waals surface area contributed by atoms with Crippen LogP contribution in [0, 0.1) is 0 Å². The van der Waals surface area contributed by atoms with Crippen molar-refractivity contribution in [3.8, 4) is 5.75 Å². The number of aryl methyl sites for hydroxylation is 1. The van der Waals surface area contributed by atoms with Crippen LogP contribution in [0.4, 0.5) is 13.6 Å². The van der Waals surface area contributed by atoms with Gasteiger partial charge < -0.3 is 4.74 Å². The van der Waals surface area contributed by atoms with Crippen molar-refractivity contribution in [2.75, 3.05) is 6.61 Å². The van der Waals surface area contributed by atoms with Crippen LogP contribution in [-0.4, -0.2) is 28.0 Å². The van der Waals surface area contributed by atoms with E-state index in [1.54, 1.807) is 0 Å². The largest absolute Gasteiger partial charge is 0.493 e. The lowest BCUT2D eigenvalue weighted by Crippen LogP contribution is -2.36. The Bertz CT molecular complexity index is 826. The first-order valence-corrected chi connectivity index (χ1v) is 9.34. The molecular weight excluding hydrogens is 374 g/mol. The summed E-state index contributed by atoms with van der Waals surface area (Å²) in [6, 6.07) is 9.23. The third-order valence-electron chi connectivity index (χ3n) is 4.18. The molecule has 0 radical (unpaired) electrons. The average Bonchev–Trinajstić information content (AvgIpc) is 3.02. The second kappa shape index (κ2) is 8.04. The lowest BCUT2D eigenvalue weighted by atomic mass is 10.0. The highest BCUT2D eigenvalue weighted by atomic mass is 32.2. The molecule has 1 aliphatic heterocycles. The van der Waals surface area contributed by atoms with Crippen molar-refractivity contribution < 1.29 is 23.1 Å². The molecule has 5 nitrogen and oxygen atoms in total. The van der Waals surface area contributed by atoms with Gasteiger partial charge in [-0.2, -0.15) is 8.78 Å². The number of halogens is 2. The van der Waals surface area contributed by atoms with Crippen molar-refractivity contribution in [3.63, 3.8) is 0 Å². The molecule has 1 aromatic carbocycles. The maximum Gasteiger partial charge on any atom is 0.294 e. The monoisotopic (exact) mass is 392 g/mol. The first kappa shape index (κ1) is 19.3. The van der Waals surface area contributed by atoms with Crippen LogP contribution in [0.25, 0.3) is 0 Å². The van der Waals surface area contributed by atoms with Gasteiger partial charge in [-0.15, -0.1) is 0 Å². The highest BCUT2D eigenvalue weighted by Gasteiger charge is 2.51. The molecule has 142 valence electrons. The summed E-state index contributed by atoms with van der Waals surface area (Å²) in [7, 11) is 0. The summed E-state index contributed by atoms with van der Waals surface area (Å²) in [6.45, 7) is 2.42. The molecule has 1 saturated heterocycles. The molecule has 0 saturated carbocycles. The first-order valence-electron chi connectivity index (χ1n) is 8.46. The Morgan fingerprint density at radius 2 is 1.93 bits per heavy atom. The Hall–Kier alpha value is -2.48. The summed E-state index contributed by atoms with van der Waals surface area (Å²) in [5, 5.41) is -0.635. The minimum Gasteiger partial charge on any atom is -0.493 e. The van der Waals surface area contributed by atoms with Gasteiger partial charge in [-0.25, -0.2) is 0 Å². The van der Waals surface area contributed by atoms with Crippen LogP contribution in [0.15, 0.2) is 42.6 Å². The maximum absolute atomic E-state index is 14.5. The average molecular weight is 392 g/mol. The number of pyridine rings is 1. The highest BCUT2D eigenvalue weighted by molar-refractivity contribution is 8.15. The van der Waals surface area contributed by atoms with E-state index in [1.165, 1.54) is 24.3 Å². The van der Waals surface area contributed by atoms with Gasteiger partial charge in [0.15, 0.2) is 5.25 Å². The lowest BCUT2D eigenvalue weighted by Gasteiger charge is -2.20. The molecule has 1 unspecified atom stereocenters. The number of rotatable bonds is 7. The van der Waals surface area contributed by atoms with Crippen LogP contribution in [0.3, 0.4) is 0 Å². The summed E-state index contributed by atoms with van der Waals surface area (Å²) in [4.78, 5) is 27.0. The van der Waals surface area contributed by atoms with Crippen LogP contribution in [0.1, 0.15) is 23.7 Å². The third kappa shape index (κ3) is 4.44. The van der Waals surface area contributed by atoms with E-state index >= 15 is 0 Å². The van der Waals surface area contributed by atoms with Gasteiger partial charge >= 0.3 is 0 Å². The molecule has 1 N–H and O–H groups in total. The Morgan fingerprint density at radius 1 is 1.19 bits per heavy atom. The van der Waals surface area contributed by atoms with Crippen molar-refractivity contribution in [2.24, 2.45) is 0 Å². The number of amides is 2. The molecule has 2 amide bonds. The zero-order valence-electron chi connectivity index (χ0n) is 14.6. The van der Waals surface area contributed by atoms with E-state index in [1.807, 2.05) is 23.6 Å². The summed E-state index contributed by atoms with van der Waals surface area (Å²) in [5.41, 5.74) is 1.71. The number of carbonyl (C=O) groups excluding carboxylic acids is 2. The quantitative estimate of drug-likeness (QED) is 0.778.